The van der Waals surface area contributed by atoms with Crippen LogP contribution in [0, 0.1) is 0 Å². The van der Waals surface area contributed by atoms with E-state index in [-0.39, 0.29) is 19.4 Å². The molecule has 2 heterocycles. The van der Waals surface area contributed by atoms with E-state index in [9.17, 15) is 16.8 Å². The van der Waals surface area contributed by atoms with Crippen LogP contribution in [0.25, 0.3) is 0 Å². The van der Waals surface area contributed by atoms with Crippen molar-refractivity contribution >= 4 is 51.5 Å². The molecule has 0 aliphatic carbocycles. The molecule has 0 amide bonds. The summed E-state index contributed by atoms with van der Waals surface area (Å²) < 4.78 is 59.4. The third-order valence-electron chi connectivity index (χ3n) is 5.08. The lowest BCUT2D eigenvalue weighted by Crippen LogP contribution is -2.54. The van der Waals surface area contributed by atoms with E-state index in [2.05, 4.69) is 31.9 Å². The van der Waals surface area contributed by atoms with Crippen molar-refractivity contribution in [1.29, 1.82) is 0 Å². The molecule has 2 aliphatic heterocycles. The molecule has 4 rings (SSSR count). The number of rotatable bonds is 4. The molecular formula is C18H16Br2O5S2. The molecule has 27 heavy (non-hydrogen) atoms. The van der Waals surface area contributed by atoms with Crippen LogP contribution in [0.5, 0.6) is 0 Å². The Morgan fingerprint density at radius 2 is 0.963 bits per heavy atom. The van der Waals surface area contributed by atoms with Crippen LogP contribution < -0.4 is 0 Å². The van der Waals surface area contributed by atoms with Crippen molar-refractivity contribution in [1.82, 2.24) is 0 Å². The minimum Gasteiger partial charge on any atom is -0.370 e. The van der Waals surface area contributed by atoms with E-state index in [1.54, 1.807) is 36.4 Å². The van der Waals surface area contributed by atoms with Crippen LogP contribution in [0.4, 0.5) is 0 Å². The summed E-state index contributed by atoms with van der Waals surface area (Å²) in [6.45, 7) is 0. The predicted molar refractivity (Wildman–Crippen MR) is 109 cm³/mol. The zero-order chi connectivity index (χ0) is 19.4. The van der Waals surface area contributed by atoms with Crippen molar-refractivity contribution < 1.29 is 21.6 Å². The van der Waals surface area contributed by atoms with Gasteiger partial charge >= 0.3 is 0 Å². The Hall–Kier alpha value is -0.740. The van der Waals surface area contributed by atoms with E-state index in [0.29, 0.717) is 0 Å². The van der Waals surface area contributed by atoms with Gasteiger partial charge in [-0.15, -0.1) is 0 Å². The maximum Gasteiger partial charge on any atom is 0.185 e. The van der Waals surface area contributed by atoms with Gasteiger partial charge in [0.2, 0.25) is 0 Å². The summed E-state index contributed by atoms with van der Waals surface area (Å²) in [5.41, 5.74) is 0. The molecule has 0 N–H and O–H groups in total. The van der Waals surface area contributed by atoms with Gasteiger partial charge in [-0.3, -0.25) is 0 Å². The lowest BCUT2D eigenvalue weighted by Gasteiger charge is -2.32. The summed E-state index contributed by atoms with van der Waals surface area (Å²) in [4.78, 5) is -0.392. The van der Waals surface area contributed by atoms with E-state index < -0.39 is 42.4 Å². The van der Waals surface area contributed by atoms with Gasteiger partial charge in [0.15, 0.2) is 19.7 Å². The second-order valence-corrected chi connectivity index (χ2v) is 12.9. The van der Waals surface area contributed by atoms with Gasteiger partial charge in [0, 0.05) is 0 Å². The van der Waals surface area contributed by atoms with Gasteiger partial charge in [0.1, 0.15) is 10.5 Å². The first kappa shape index (κ1) is 19.6. The Morgan fingerprint density at radius 1 is 0.630 bits per heavy atom. The standard InChI is InChI=1S/C18H16Br2O5S2/c19-13-14(20)16-18(27(23,24)12-9-5-2-6-10-12)17(15(13)25-16)26(21,22)11-7-3-1-4-8-11/h1-10,13-18H. The van der Waals surface area contributed by atoms with Crippen molar-refractivity contribution in [2.45, 2.75) is 42.2 Å². The average Bonchev–Trinajstić information content (AvgIpc) is 3.21. The summed E-state index contributed by atoms with van der Waals surface area (Å²) in [5, 5.41) is -2.37. The molecule has 0 aromatic heterocycles. The molecule has 2 fully saturated rings. The first-order chi connectivity index (χ1) is 12.8. The zero-order valence-electron chi connectivity index (χ0n) is 13.9. The van der Waals surface area contributed by atoms with Crippen LogP contribution in [0.1, 0.15) is 0 Å². The number of hydrogen-bond acceptors (Lipinski definition) is 5. The minimum absolute atomic E-state index is 0.102. The molecule has 6 atom stereocenters. The first-order valence-corrected chi connectivity index (χ1v) is 13.2. The topological polar surface area (TPSA) is 77.5 Å². The number of halogens is 2. The summed E-state index contributed by atoms with van der Waals surface area (Å²) in [6, 6.07) is 15.9. The summed E-state index contributed by atoms with van der Waals surface area (Å²) in [6.07, 6.45) is -1.51. The number of alkyl halides is 2. The lowest BCUT2D eigenvalue weighted by molar-refractivity contribution is 0.109. The Bertz CT molecular complexity index is 956. The maximum absolute atomic E-state index is 13.4. The van der Waals surface area contributed by atoms with Gasteiger partial charge < -0.3 is 4.74 Å². The Kier molecular flexibility index (Phi) is 5.04. The van der Waals surface area contributed by atoms with Gasteiger partial charge in [-0.1, -0.05) is 68.3 Å². The highest BCUT2D eigenvalue weighted by Gasteiger charge is 2.66. The van der Waals surface area contributed by atoms with Gasteiger partial charge in [-0.2, -0.15) is 0 Å². The molecular weight excluding hydrogens is 520 g/mol. The smallest absolute Gasteiger partial charge is 0.185 e. The highest BCUT2D eigenvalue weighted by Crippen LogP contribution is 2.50. The molecule has 0 saturated carbocycles. The van der Waals surface area contributed by atoms with Crippen molar-refractivity contribution in [3.05, 3.63) is 60.7 Å². The number of fused-ring (bicyclic) bond motifs is 2. The number of benzene rings is 2. The largest absolute Gasteiger partial charge is 0.370 e. The number of hydrogen-bond donors (Lipinski definition) is 0. The van der Waals surface area contributed by atoms with Gasteiger partial charge in [0.25, 0.3) is 0 Å². The molecule has 0 radical (unpaired) electrons. The highest BCUT2D eigenvalue weighted by molar-refractivity contribution is 9.12. The summed E-state index contributed by atoms with van der Waals surface area (Å²) in [7, 11) is -7.84. The van der Waals surface area contributed by atoms with E-state index in [0.717, 1.165) is 0 Å². The van der Waals surface area contributed by atoms with E-state index in [4.69, 9.17) is 4.74 Å². The molecule has 2 bridgehead atoms. The Labute approximate surface area is 175 Å². The normalized spacial score (nSPS) is 33.3. The first-order valence-electron chi connectivity index (χ1n) is 8.28. The maximum atomic E-state index is 13.4. The van der Waals surface area contributed by atoms with Crippen LogP contribution in [0.2, 0.25) is 0 Å². The van der Waals surface area contributed by atoms with E-state index >= 15 is 0 Å². The lowest BCUT2D eigenvalue weighted by atomic mass is 9.99. The Balaban J connectivity index is 1.87. The molecule has 2 aromatic rings. The fraction of sp³-hybridized carbons (Fsp3) is 0.333. The van der Waals surface area contributed by atoms with Crippen LogP contribution in [0.15, 0.2) is 70.5 Å². The minimum atomic E-state index is -3.92. The molecule has 144 valence electrons. The molecule has 9 heteroatoms. The Morgan fingerprint density at radius 3 is 1.30 bits per heavy atom. The highest BCUT2D eigenvalue weighted by atomic mass is 79.9. The summed E-state index contributed by atoms with van der Waals surface area (Å²) >= 11 is 6.97. The van der Waals surface area contributed by atoms with Crippen molar-refractivity contribution in [3.8, 4) is 0 Å². The number of ether oxygens (including phenoxy) is 1. The third-order valence-corrected chi connectivity index (χ3v) is 12.6. The van der Waals surface area contributed by atoms with Crippen LogP contribution in [0.3, 0.4) is 0 Å². The molecule has 2 saturated heterocycles. The quantitative estimate of drug-likeness (QED) is 0.562. The van der Waals surface area contributed by atoms with Gasteiger partial charge in [-0.05, 0) is 24.3 Å². The SMILES string of the molecule is O=S(=O)(c1ccccc1)C1C2OC(C(Br)C2Br)C1S(=O)(=O)c1ccccc1. The second kappa shape index (κ2) is 6.95. The third kappa shape index (κ3) is 3.02. The van der Waals surface area contributed by atoms with Crippen LogP contribution in [-0.2, 0) is 24.4 Å². The summed E-state index contributed by atoms with van der Waals surface area (Å²) in [5.74, 6) is 0. The molecule has 6 unspecified atom stereocenters. The van der Waals surface area contributed by atoms with E-state index in [1.165, 1.54) is 24.3 Å². The van der Waals surface area contributed by atoms with Crippen LogP contribution in [-0.4, -0.2) is 49.2 Å². The fourth-order valence-corrected chi connectivity index (χ4v) is 10.5. The number of sulfone groups is 2. The van der Waals surface area contributed by atoms with Gasteiger partial charge in [-0.25, -0.2) is 16.8 Å². The predicted octanol–water partition coefficient (Wildman–Crippen LogP) is 2.98. The van der Waals surface area contributed by atoms with E-state index in [1.807, 2.05) is 0 Å². The van der Waals surface area contributed by atoms with Crippen molar-refractivity contribution in [2.75, 3.05) is 0 Å². The monoisotopic (exact) mass is 534 g/mol. The average molecular weight is 536 g/mol. The molecule has 2 aliphatic rings. The van der Waals surface area contributed by atoms with Crippen LogP contribution >= 0.6 is 31.9 Å². The molecule has 2 aromatic carbocycles. The molecule has 5 nitrogen and oxygen atoms in total. The molecule has 0 spiro atoms. The van der Waals surface area contributed by atoms with Crippen molar-refractivity contribution in [3.63, 3.8) is 0 Å². The van der Waals surface area contributed by atoms with Gasteiger partial charge in [0.05, 0.1) is 31.7 Å². The zero-order valence-corrected chi connectivity index (χ0v) is 18.7. The second-order valence-electron chi connectivity index (χ2n) is 6.60. The fourth-order valence-electron chi connectivity index (χ4n) is 3.83. The van der Waals surface area contributed by atoms with Crippen molar-refractivity contribution in [2.24, 2.45) is 0 Å².